The second-order valence-corrected chi connectivity index (χ2v) is 12.5. The van der Waals surface area contributed by atoms with Crippen molar-refractivity contribution < 1.29 is 22.5 Å². The number of esters is 1. The largest absolute Gasteiger partial charge is 0.744 e. The summed E-state index contributed by atoms with van der Waals surface area (Å²) in [7, 11) is -4.59. The molecule has 0 atom stereocenters. The Labute approximate surface area is 216 Å². The molecule has 0 aliphatic heterocycles. The summed E-state index contributed by atoms with van der Waals surface area (Å²) < 4.78 is 43.6. The van der Waals surface area contributed by atoms with E-state index in [1.165, 1.54) is 25.3 Å². The molecule has 32 heavy (non-hydrogen) atoms. The van der Waals surface area contributed by atoms with Gasteiger partial charge in [0.15, 0.2) is 0 Å². The van der Waals surface area contributed by atoms with Gasteiger partial charge < -0.3 is 9.29 Å². The molecule has 4 rings (SSSR count). The molecule has 0 N–H and O–H groups in total. The molecule has 172 valence electrons. The van der Waals surface area contributed by atoms with Crippen LogP contribution in [0.15, 0.2) is 23.1 Å². The van der Waals surface area contributed by atoms with Gasteiger partial charge in [-0.25, -0.2) is 13.2 Å². The Hall–Kier alpha value is -0.720. The molecular weight excluding hydrogens is 654 g/mol. The van der Waals surface area contributed by atoms with E-state index >= 15 is 0 Å². The van der Waals surface area contributed by atoms with Gasteiger partial charge in [0.05, 0.1) is 10.5 Å². The quantitative estimate of drug-likeness (QED) is 0.165. The molecular formula is C24H25I2O5S-. The zero-order chi connectivity index (χ0) is 23.0. The van der Waals surface area contributed by atoms with Crippen molar-refractivity contribution in [1.82, 2.24) is 0 Å². The van der Waals surface area contributed by atoms with Gasteiger partial charge in [-0.1, -0.05) is 19.3 Å². The van der Waals surface area contributed by atoms with E-state index in [0.717, 1.165) is 38.4 Å². The highest BCUT2D eigenvalue weighted by atomic mass is 127. The maximum atomic E-state index is 13.5. The summed E-state index contributed by atoms with van der Waals surface area (Å²) in [5.74, 6) is 0.356. The molecule has 8 heteroatoms. The molecule has 2 aliphatic carbocycles. The van der Waals surface area contributed by atoms with Gasteiger partial charge >= 0.3 is 5.97 Å². The molecule has 2 aromatic rings. The van der Waals surface area contributed by atoms with Crippen molar-refractivity contribution in [3.63, 3.8) is 0 Å². The predicted octanol–water partition coefficient (Wildman–Crippen LogP) is 6.25. The highest BCUT2D eigenvalue weighted by molar-refractivity contribution is 14.1. The van der Waals surface area contributed by atoms with Gasteiger partial charge in [0.1, 0.15) is 15.9 Å². The third-order valence-corrected chi connectivity index (χ3v) is 8.96. The molecule has 0 spiro atoms. The SMILES string of the molecule is Cc1cc(S(=O)(=O)[O-])c2c(c1OC(=O)c1cc(I)cc(I)c1C1CCCCC1)CCCC2. The van der Waals surface area contributed by atoms with Crippen LogP contribution in [0.25, 0.3) is 0 Å². The molecule has 0 bridgehead atoms. The second-order valence-electron chi connectivity index (χ2n) is 8.71. The van der Waals surface area contributed by atoms with Crippen LogP contribution >= 0.6 is 45.2 Å². The maximum Gasteiger partial charge on any atom is 0.343 e. The van der Waals surface area contributed by atoms with Crippen LogP contribution in [0, 0.1) is 14.1 Å². The van der Waals surface area contributed by atoms with E-state index < -0.39 is 16.1 Å². The van der Waals surface area contributed by atoms with Crippen LogP contribution in [0.1, 0.15) is 83.5 Å². The van der Waals surface area contributed by atoms with Crippen molar-refractivity contribution in [2.24, 2.45) is 0 Å². The summed E-state index contributed by atoms with van der Waals surface area (Å²) in [5, 5.41) is 0. The minimum absolute atomic E-state index is 0.170. The van der Waals surface area contributed by atoms with E-state index in [1.54, 1.807) is 6.92 Å². The Balaban J connectivity index is 1.77. The topological polar surface area (TPSA) is 83.5 Å². The Morgan fingerprint density at radius 1 is 1.00 bits per heavy atom. The number of halogens is 2. The highest BCUT2D eigenvalue weighted by Gasteiger charge is 2.28. The van der Waals surface area contributed by atoms with Crippen LogP contribution in [0.4, 0.5) is 0 Å². The second kappa shape index (κ2) is 9.87. The molecule has 1 fully saturated rings. The van der Waals surface area contributed by atoms with Gasteiger partial charge in [-0.2, -0.15) is 0 Å². The summed E-state index contributed by atoms with van der Waals surface area (Å²) in [6.45, 7) is 1.70. The van der Waals surface area contributed by atoms with Crippen molar-refractivity contribution in [2.75, 3.05) is 0 Å². The van der Waals surface area contributed by atoms with E-state index in [0.29, 0.717) is 46.8 Å². The molecule has 1 saturated carbocycles. The van der Waals surface area contributed by atoms with Crippen LogP contribution in [-0.2, 0) is 23.0 Å². The third kappa shape index (κ3) is 5.02. The van der Waals surface area contributed by atoms with E-state index in [4.69, 9.17) is 4.74 Å². The van der Waals surface area contributed by atoms with E-state index in [9.17, 15) is 17.8 Å². The minimum Gasteiger partial charge on any atom is -0.744 e. The monoisotopic (exact) mass is 679 g/mol. The molecule has 5 nitrogen and oxygen atoms in total. The first-order chi connectivity index (χ1) is 15.2. The summed E-state index contributed by atoms with van der Waals surface area (Å²) in [6, 6.07) is 5.37. The fraction of sp³-hybridized carbons (Fsp3) is 0.458. The maximum absolute atomic E-state index is 13.5. The number of rotatable bonds is 4. The van der Waals surface area contributed by atoms with Crippen LogP contribution in [-0.4, -0.2) is 18.9 Å². The molecule has 2 aliphatic rings. The summed E-state index contributed by atoms with van der Waals surface area (Å²) in [4.78, 5) is 13.3. The Morgan fingerprint density at radius 2 is 1.66 bits per heavy atom. The molecule has 0 amide bonds. The normalized spacial score (nSPS) is 17.1. The van der Waals surface area contributed by atoms with Crippen molar-refractivity contribution in [2.45, 2.75) is 75.5 Å². The molecule has 2 aromatic carbocycles. The average molecular weight is 679 g/mol. The number of benzene rings is 2. The zero-order valence-electron chi connectivity index (χ0n) is 17.9. The van der Waals surface area contributed by atoms with Gasteiger partial charge in [0, 0.05) is 7.14 Å². The predicted molar refractivity (Wildman–Crippen MR) is 138 cm³/mol. The number of hydrogen-bond acceptors (Lipinski definition) is 5. The number of ether oxygens (including phenoxy) is 1. The Kier molecular flexibility index (Phi) is 7.53. The number of fused-ring (bicyclic) bond motifs is 1. The fourth-order valence-corrected chi connectivity index (χ4v) is 8.22. The first-order valence-electron chi connectivity index (χ1n) is 11.0. The summed E-state index contributed by atoms with van der Waals surface area (Å²) in [6.07, 6.45) is 8.49. The van der Waals surface area contributed by atoms with Gasteiger partial charge in [0.25, 0.3) is 0 Å². The molecule has 0 radical (unpaired) electrons. The molecule has 0 aromatic heterocycles. The molecule has 0 heterocycles. The fourth-order valence-electron chi connectivity index (χ4n) is 5.09. The van der Waals surface area contributed by atoms with Crippen molar-refractivity contribution in [3.05, 3.63) is 53.2 Å². The lowest BCUT2D eigenvalue weighted by atomic mass is 9.82. The first-order valence-corrected chi connectivity index (χ1v) is 14.6. The minimum atomic E-state index is -4.59. The van der Waals surface area contributed by atoms with E-state index in [2.05, 4.69) is 51.2 Å². The number of carbonyl (C=O) groups excluding carboxylic acids is 1. The van der Waals surface area contributed by atoms with Gasteiger partial charge in [-0.15, -0.1) is 0 Å². The highest BCUT2D eigenvalue weighted by Crippen LogP contribution is 2.40. The lowest BCUT2D eigenvalue weighted by molar-refractivity contribution is 0.0729. The van der Waals surface area contributed by atoms with Crippen molar-refractivity contribution in [1.29, 1.82) is 0 Å². The first kappa shape index (κ1) is 24.4. The van der Waals surface area contributed by atoms with Crippen molar-refractivity contribution >= 4 is 61.3 Å². The number of aryl methyl sites for hydroxylation is 1. The number of carbonyl (C=O) groups is 1. The van der Waals surface area contributed by atoms with Crippen LogP contribution < -0.4 is 4.74 Å². The van der Waals surface area contributed by atoms with Gasteiger partial charge in [-0.3, -0.25) is 0 Å². The summed E-state index contributed by atoms with van der Waals surface area (Å²) >= 11 is 4.54. The Bertz CT molecular complexity index is 1170. The Morgan fingerprint density at radius 3 is 2.31 bits per heavy atom. The van der Waals surface area contributed by atoms with E-state index in [-0.39, 0.29) is 4.90 Å². The van der Waals surface area contributed by atoms with Crippen LogP contribution in [0.2, 0.25) is 0 Å². The molecule has 0 saturated heterocycles. The summed E-state index contributed by atoms with van der Waals surface area (Å²) in [5.41, 5.74) is 3.38. The van der Waals surface area contributed by atoms with Crippen LogP contribution in [0.5, 0.6) is 5.75 Å². The smallest absolute Gasteiger partial charge is 0.343 e. The number of hydrogen-bond donors (Lipinski definition) is 0. The lowest BCUT2D eigenvalue weighted by Crippen LogP contribution is -2.19. The third-order valence-electron chi connectivity index (χ3n) is 6.54. The molecule has 0 unspecified atom stereocenters. The van der Waals surface area contributed by atoms with Gasteiger partial charge in [0.2, 0.25) is 0 Å². The lowest BCUT2D eigenvalue weighted by Gasteiger charge is -2.27. The van der Waals surface area contributed by atoms with Crippen molar-refractivity contribution in [3.8, 4) is 5.75 Å². The zero-order valence-corrected chi connectivity index (χ0v) is 23.0. The standard InChI is InChI=1S/C24H26I2O5S/c1-14-11-21(32(28,29)30)17-9-5-6-10-18(17)23(14)31-24(27)19-12-16(25)13-20(26)22(19)15-7-3-2-4-8-15/h11-13,15H,2-10H2,1H3,(H,28,29,30)/p-1. The van der Waals surface area contributed by atoms with Crippen LogP contribution in [0.3, 0.4) is 0 Å². The average Bonchev–Trinajstić information content (AvgIpc) is 2.74. The van der Waals surface area contributed by atoms with Gasteiger partial charge in [-0.05, 0) is 137 Å². The van der Waals surface area contributed by atoms with E-state index in [1.807, 2.05) is 6.07 Å².